The zero-order valence-electron chi connectivity index (χ0n) is 10.5. The highest BCUT2D eigenvalue weighted by Gasteiger charge is 2.19. The van der Waals surface area contributed by atoms with Crippen LogP contribution in [0, 0.1) is 6.92 Å². The van der Waals surface area contributed by atoms with E-state index in [9.17, 15) is 8.42 Å². The Labute approximate surface area is 131 Å². The van der Waals surface area contributed by atoms with Crippen LogP contribution in [0.15, 0.2) is 45.8 Å². The van der Waals surface area contributed by atoms with Gasteiger partial charge in [0.2, 0.25) is 0 Å². The molecule has 0 saturated heterocycles. The molecule has 0 unspecified atom stereocenters. The van der Waals surface area contributed by atoms with Crippen LogP contribution in [0.25, 0.3) is 0 Å². The molecule has 2 aromatic carbocycles. The number of nitrogens with one attached hydrogen (secondary N) is 1. The number of hydrogen-bond donors (Lipinski definition) is 2. The molecule has 0 fully saturated rings. The first-order valence-electron chi connectivity index (χ1n) is 5.64. The Hall–Kier alpha value is -1.24. The summed E-state index contributed by atoms with van der Waals surface area (Å²) in [5.74, 6) is 0. The summed E-state index contributed by atoms with van der Waals surface area (Å²) >= 11 is 9.13. The van der Waals surface area contributed by atoms with Crippen molar-refractivity contribution in [2.24, 2.45) is 0 Å². The molecule has 0 spiro atoms. The Morgan fingerprint density at radius 1 is 1.25 bits per heavy atom. The summed E-state index contributed by atoms with van der Waals surface area (Å²) in [4.78, 5) is -0.00435. The van der Waals surface area contributed by atoms with Gasteiger partial charge in [0, 0.05) is 9.50 Å². The maximum Gasteiger partial charge on any atom is 0.263 e. The number of aryl methyl sites for hydroxylation is 1. The Balaban J connectivity index is 2.44. The number of nitrogens with two attached hydrogens (primary N) is 1. The summed E-state index contributed by atoms with van der Waals surface area (Å²) in [6.07, 6.45) is 0. The maximum absolute atomic E-state index is 12.3. The van der Waals surface area contributed by atoms with Crippen LogP contribution in [0.1, 0.15) is 5.56 Å². The predicted molar refractivity (Wildman–Crippen MR) is 85.6 cm³/mol. The standard InChI is InChI=1S/C13H12BrClN2O2S/c1-8-3-2-4-11(13(8)14)17-20(18,19)12-6-5-9(15)7-10(12)16/h2-7,17H,16H2,1H3. The summed E-state index contributed by atoms with van der Waals surface area (Å²) in [6, 6.07) is 9.57. The molecule has 0 aliphatic carbocycles. The molecule has 0 bridgehead atoms. The van der Waals surface area contributed by atoms with E-state index in [0.717, 1.165) is 5.56 Å². The molecule has 2 aromatic rings. The summed E-state index contributed by atoms with van der Waals surface area (Å²) in [7, 11) is -3.76. The number of rotatable bonds is 3. The number of anilines is 2. The zero-order chi connectivity index (χ0) is 14.9. The van der Waals surface area contributed by atoms with Gasteiger partial charge in [0.15, 0.2) is 0 Å². The lowest BCUT2D eigenvalue weighted by Crippen LogP contribution is -2.15. The number of nitrogen functional groups attached to an aromatic ring is 1. The zero-order valence-corrected chi connectivity index (χ0v) is 13.7. The van der Waals surface area contributed by atoms with Crippen LogP contribution in [-0.2, 0) is 10.0 Å². The largest absolute Gasteiger partial charge is 0.398 e. The molecule has 4 nitrogen and oxygen atoms in total. The lowest BCUT2D eigenvalue weighted by Gasteiger charge is -2.12. The van der Waals surface area contributed by atoms with Crippen LogP contribution in [0.2, 0.25) is 5.02 Å². The molecule has 0 aromatic heterocycles. The molecular formula is C13H12BrClN2O2S. The van der Waals surface area contributed by atoms with Gasteiger partial charge in [0.1, 0.15) is 4.90 Å². The SMILES string of the molecule is Cc1cccc(NS(=O)(=O)c2ccc(Cl)cc2N)c1Br. The third-order valence-corrected chi connectivity index (χ3v) is 5.42. The van der Waals surface area contributed by atoms with E-state index in [1.54, 1.807) is 12.1 Å². The minimum Gasteiger partial charge on any atom is -0.398 e. The minimum absolute atomic E-state index is 0.00435. The summed E-state index contributed by atoms with van der Waals surface area (Å²) in [6.45, 7) is 1.87. The van der Waals surface area contributed by atoms with E-state index in [-0.39, 0.29) is 10.6 Å². The van der Waals surface area contributed by atoms with Crippen molar-refractivity contribution in [2.45, 2.75) is 11.8 Å². The number of benzene rings is 2. The fourth-order valence-corrected chi connectivity index (χ4v) is 3.55. The first-order valence-corrected chi connectivity index (χ1v) is 8.29. The molecule has 0 radical (unpaired) electrons. The third-order valence-electron chi connectivity index (χ3n) is 2.70. The lowest BCUT2D eigenvalue weighted by atomic mass is 10.2. The molecule has 0 amide bonds. The van der Waals surface area contributed by atoms with Gasteiger partial charge in [-0.1, -0.05) is 23.7 Å². The Morgan fingerprint density at radius 3 is 2.60 bits per heavy atom. The average Bonchev–Trinajstić information content (AvgIpc) is 2.34. The van der Waals surface area contributed by atoms with Crippen molar-refractivity contribution in [3.63, 3.8) is 0 Å². The molecule has 20 heavy (non-hydrogen) atoms. The van der Waals surface area contributed by atoms with Gasteiger partial charge in [-0.3, -0.25) is 4.72 Å². The van der Waals surface area contributed by atoms with Gasteiger partial charge in [-0.2, -0.15) is 0 Å². The van der Waals surface area contributed by atoms with Crippen LogP contribution >= 0.6 is 27.5 Å². The number of hydrogen-bond acceptors (Lipinski definition) is 3. The van der Waals surface area contributed by atoms with Crippen LogP contribution in [0.5, 0.6) is 0 Å². The number of sulfonamides is 1. The van der Waals surface area contributed by atoms with Gasteiger partial charge in [0.25, 0.3) is 10.0 Å². The van der Waals surface area contributed by atoms with Crippen molar-refractivity contribution < 1.29 is 8.42 Å². The van der Waals surface area contributed by atoms with E-state index in [2.05, 4.69) is 20.7 Å². The summed E-state index contributed by atoms with van der Waals surface area (Å²) in [5, 5.41) is 0.387. The number of halogens is 2. The van der Waals surface area contributed by atoms with Gasteiger partial charge in [-0.25, -0.2) is 8.42 Å². The highest BCUT2D eigenvalue weighted by atomic mass is 79.9. The van der Waals surface area contributed by atoms with Crippen molar-refractivity contribution in [1.29, 1.82) is 0 Å². The van der Waals surface area contributed by atoms with Gasteiger partial charge < -0.3 is 5.73 Å². The molecule has 0 aliphatic heterocycles. The van der Waals surface area contributed by atoms with Gasteiger partial charge >= 0.3 is 0 Å². The van der Waals surface area contributed by atoms with Gasteiger partial charge in [0.05, 0.1) is 11.4 Å². The highest BCUT2D eigenvalue weighted by Crippen LogP contribution is 2.30. The van der Waals surface area contributed by atoms with E-state index in [4.69, 9.17) is 17.3 Å². The topological polar surface area (TPSA) is 72.2 Å². The normalized spacial score (nSPS) is 11.3. The fraction of sp³-hybridized carbons (Fsp3) is 0.0769. The Kier molecular flexibility index (Phi) is 4.27. The monoisotopic (exact) mass is 374 g/mol. The van der Waals surface area contributed by atoms with Crippen molar-refractivity contribution >= 4 is 48.9 Å². The molecule has 106 valence electrons. The highest BCUT2D eigenvalue weighted by molar-refractivity contribution is 9.10. The van der Waals surface area contributed by atoms with Crippen LogP contribution in [0.3, 0.4) is 0 Å². The summed E-state index contributed by atoms with van der Waals surface area (Å²) < 4.78 is 27.9. The van der Waals surface area contributed by atoms with E-state index < -0.39 is 10.0 Å². The molecule has 3 N–H and O–H groups in total. The van der Waals surface area contributed by atoms with Crippen molar-refractivity contribution in [3.8, 4) is 0 Å². The third kappa shape index (κ3) is 3.08. The molecule has 0 aliphatic rings. The van der Waals surface area contributed by atoms with Crippen LogP contribution < -0.4 is 10.5 Å². The molecule has 0 heterocycles. The second kappa shape index (κ2) is 5.63. The Bertz CT molecular complexity index is 763. The van der Waals surface area contributed by atoms with E-state index in [0.29, 0.717) is 15.2 Å². The Morgan fingerprint density at radius 2 is 1.95 bits per heavy atom. The molecule has 7 heteroatoms. The minimum atomic E-state index is -3.76. The molecular weight excluding hydrogens is 364 g/mol. The van der Waals surface area contributed by atoms with Crippen molar-refractivity contribution in [1.82, 2.24) is 0 Å². The fourth-order valence-electron chi connectivity index (χ4n) is 1.69. The van der Waals surface area contributed by atoms with Crippen molar-refractivity contribution in [3.05, 3.63) is 51.5 Å². The van der Waals surface area contributed by atoms with E-state index in [1.807, 2.05) is 13.0 Å². The molecule has 0 saturated carbocycles. The first kappa shape index (κ1) is 15.2. The second-order valence-corrected chi connectivity index (χ2v) is 7.10. The quantitative estimate of drug-likeness (QED) is 0.802. The predicted octanol–water partition coefficient (Wildman–Crippen LogP) is 3.79. The van der Waals surface area contributed by atoms with E-state index >= 15 is 0 Å². The lowest BCUT2D eigenvalue weighted by molar-refractivity contribution is 0.601. The summed E-state index contributed by atoms with van der Waals surface area (Å²) in [5.41, 5.74) is 7.20. The van der Waals surface area contributed by atoms with Crippen molar-refractivity contribution in [2.75, 3.05) is 10.5 Å². The van der Waals surface area contributed by atoms with Crippen LogP contribution in [-0.4, -0.2) is 8.42 Å². The first-order chi connectivity index (χ1) is 9.31. The van der Waals surface area contributed by atoms with Gasteiger partial charge in [-0.15, -0.1) is 0 Å². The van der Waals surface area contributed by atoms with Crippen LogP contribution in [0.4, 0.5) is 11.4 Å². The second-order valence-electron chi connectivity index (χ2n) is 4.22. The van der Waals surface area contributed by atoms with Gasteiger partial charge in [-0.05, 0) is 52.7 Å². The molecule has 2 rings (SSSR count). The molecule has 0 atom stereocenters. The average molecular weight is 376 g/mol. The smallest absolute Gasteiger partial charge is 0.263 e. The maximum atomic E-state index is 12.3. The van der Waals surface area contributed by atoms with E-state index in [1.165, 1.54) is 18.2 Å².